The second kappa shape index (κ2) is 5.06. The standard InChI is InChI=1S/C8H9N3O6S/c1-2-9-18(16,17)6-3-4-7(10(12)13)8(5-6)11(14)15/h3-5,9H,2H2,1H3. The second-order valence-electron chi connectivity index (χ2n) is 3.17. The van der Waals surface area contributed by atoms with E-state index in [1.807, 2.05) is 0 Å². The molecule has 1 N–H and O–H groups in total. The zero-order valence-corrected chi connectivity index (χ0v) is 10.0. The van der Waals surface area contributed by atoms with Crippen LogP contribution in [-0.2, 0) is 10.0 Å². The van der Waals surface area contributed by atoms with Gasteiger partial charge >= 0.3 is 11.4 Å². The minimum Gasteiger partial charge on any atom is -0.258 e. The van der Waals surface area contributed by atoms with Crippen LogP contribution < -0.4 is 4.72 Å². The fraction of sp³-hybridized carbons (Fsp3) is 0.250. The molecule has 0 atom stereocenters. The maximum Gasteiger partial charge on any atom is 0.347 e. The van der Waals surface area contributed by atoms with E-state index in [9.17, 15) is 28.6 Å². The Balaban J connectivity index is 3.41. The Bertz CT molecular complexity index is 597. The first-order valence-electron chi connectivity index (χ1n) is 4.72. The number of hydrogen-bond acceptors (Lipinski definition) is 6. The molecule has 0 radical (unpaired) electrons. The van der Waals surface area contributed by atoms with Gasteiger partial charge in [0.2, 0.25) is 10.0 Å². The predicted molar refractivity (Wildman–Crippen MR) is 60.6 cm³/mol. The minimum atomic E-state index is -3.89. The maximum absolute atomic E-state index is 11.6. The van der Waals surface area contributed by atoms with Crippen molar-refractivity contribution in [1.29, 1.82) is 0 Å². The van der Waals surface area contributed by atoms with Gasteiger partial charge < -0.3 is 0 Å². The van der Waals surface area contributed by atoms with Crippen LogP contribution in [0.4, 0.5) is 11.4 Å². The van der Waals surface area contributed by atoms with Crippen LogP contribution in [0.15, 0.2) is 23.1 Å². The fourth-order valence-electron chi connectivity index (χ4n) is 1.24. The third-order valence-electron chi connectivity index (χ3n) is 1.98. The van der Waals surface area contributed by atoms with Crippen molar-refractivity contribution in [1.82, 2.24) is 4.72 Å². The van der Waals surface area contributed by atoms with E-state index in [0.29, 0.717) is 6.07 Å². The van der Waals surface area contributed by atoms with Gasteiger partial charge in [-0.2, -0.15) is 0 Å². The Kier molecular flexibility index (Phi) is 3.93. The molecule has 18 heavy (non-hydrogen) atoms. The lowest BCUT2D eigenvalue weighted by molar-refractivity contribution is -0.422. The number of benzene rings is 1. The summed E-state index contributed by atoms with van der Waals surface area (Å²) in [6, 6.07) is 2.40. The second-order valence-corrected chi connectivity index (χ2v) is 4.93. The van der Waals surface area contributed by atoms with Gasteiger partial charge in [-0.25, -0.2) is 13.1 Å². The average molecular weight is 275 g/mol. The highest BCUT2D eigenvalue weighted by molar-refractivity contribution is 7.89. The van der Waals surface area contributed by atoms with E-state index >= 15 is 0 Å². The van der Waals surface area contributed by atoms with E-state index in [1.165, 1.54) is 6.92 Å². The Hall–Kier alpha value is -2.07. The van der Waals surface area contributed by atoms with Crippen molar-refractivity contribution < 1.29 is 18.3 Å². The van der Waals surface area contributed by atoms with Gasteiger partial charge in [0, 0.05) is 18.7 Å². The van der Waals surface area contributed by atoms with Crippen LogP contribution in [0.5, 0.6) is 0 Å². The van der Waals surface area contributed by atoms with Crippen LogP contribution >= 0.6 is 0 Å². The smallest absolute Gasteiger partial charge is 0.258 e. The molecule has 0 amide bonds. The molecule has 0 heterocycles. The molecule has 0 saturated carbocycles. The molecule has 1 aromatic carbocycles. The highest BCUT2D eigenvalue weighted by Gasteiger charge is 2.27. The molecule has 0 aliphatic rings. The van der Waals surface area contributed by atoms with Gasteiger partial charge in [0.1, 0.15) is 0 Å². The van der Waals surface area contributed by atoms with Crippen molar-refractivity contribution >= 4 is 21.4 Å². The van der Waals surface area contributed by atoms with Gasteiger partial charge in [-0.1, -0.05) is 6.92 Å². The number of sulfonamides is 1. The van der Waals surface area contributed by atoms with Crippen molar-refractivity contribution in [2.75, 3.05) is 6.54 Å². The van der Waals surface area contributed by atoms with Gasteiger partial charge in [0.25, 0.3) is 0 Å². The molecule has 98 valence electrons. The molecule has 9 nitrogen and oxygen atoms in total. The maximum atomic E-state index is 11.6. The number of nitrogens with zero attached hydrogens (tertiary/aromatic N) is 2. The highest BCUT2D eigenvalue weighted by atomic mass is 32.2. The monoisotopic (exact) mass is 275 g/mol. The highest BCUT2D eigenvalue weighted by Crippen LogP contribution is 2.29. The lowest BCUT2D eigenvalue weighted by Crippen LogP contribution is -2.23. The van der Waals surface area contributed by atoms with E-state index < -0.39 is 31.2 Å². The first kappa shape index (κ1) is 14.0. The zero-order valence-electron chi connectivity index (χ0n) is 9.19. The molecule has 0 aromatic heterocycles. The zero-order chi connectivity index (χ0) is 13.9. The van der Waals surface area contributed by atoms with Crippen LogP contribution in [0.2, 0.25) is 0 Å². The third-order valence-corrected chi connectivity index (χ3v) is 3.53. The van der Waals surface area contributed by atoms with Gasteiger partial charge in [0.05, 0.1) is 14.7 Å². The van der Waals surface area contributed by atoms with E-state index in [4.69, 9.17) is 0 Å². The molecule has 0 bridgehead atoms. The Morgan fingerprint density at radius 1 is 1.17 bits per heavy atom. The van der Waals surface area contributed by atoms with Gasteiger partial charge in [-0.05, 0) is 6.07 Å². The van der Waals surface area contributed by atoms with Gasteiger partial charge in [0.15, 0.2) is 0 Å². The van der Waals surface area contributed by atoms with Crippen molar-refractivity contribution in [3.63, 3.8) is 0 Å². The number of rotatable bonds is 5. The molecular weight excluding hydrogens is 266 g/mol. The molecular formula is C8H9N3O6S. The fourth-order valence-corrected chi connectivity index (χ4v) is 2.31. The van der Waals surface area contributed by atoms with Crippen LogP contribution in [0.25, 0.3) is 0 Å². The molecule has 0 aliphatic heterocycles. The molecule has 0 unspecified atom stereocenters. The van der Waals surface area contributed by atoms with Crippen molar-refractivity contribution in [3.05, 3.63) is 38.4 Å². The largest absolute Gasteiger partial charge is 0.347 e. The number of nitrogens with one attached hydrogen (secondary N) is 1. The lowest BCUT2D eigenvalue weighted by Gasteiger charge is -2.04. The molecule has 0 saturated heterocycles. The quantitative estimate of drug-likeness (QED) is 0.624. The minimum absolute atomic E-state index is 0.104. The topological polar surface area (TPSA) is 132 Å². The van der Waals surface area contributed by atoms with E-state index in [1.54, 1.807) is 0 Å². The molecule has 1 rings (SSSR count). The third kappa shape index (κ3) is 2.78. The summed E-state index contributed by atoms with van der Waals surface area (Å²) >= 11 is 0. The van der Waals surface area contributed by atoms with E-state index in [-0.39, 0.29) is 11.4 Å². The van der Waals surface area contributed by atoms with E-state index in [0.717, 1.165) is 12.1 Å². The Morgan fingerprint density at radius 2 is 1.72 bits per heavy atom. The molecule has 10 heteroatoms. The number of nitro benzene ring substituents is 2. The van der Waals surface area contributed by atoms with Crippen LogP contribution in [0.1, 0.15) is 6.92 Å². The summed E-state index contributed by atoms with van der Waals surface area (Å²) in [6.45, 7) is 1.64. The molecule has 0 spiro atoms. The first-order chi connectivity index (χ1) is 8.29. The molecule has 1 aromatic rings. The SMILES string of the molecule is CCNS(=O)(=O)c1ccc([N+](=O)[O-])c([N+](=O)[O-])c1. The van der Waals surface area contributed by atoms with Gasteiger partial charge in [-0.15, -0.1) is 0 Å². The summed E-state index contributed by atoms with van der Waals surface area (Å²) in [5, 5.41) is 21.2. The summed E-state index contributed by atoms with van der Waals surface area (Å²) in [4.78, 5) is 18.9. The first-order valence-corrected chi connectivity index (χ1v) is 6.20. The Morgan fingerprint density at radius 3 is 2.17 bits per heavy atom. The number of hydrogen-bond donors (Lipinski definition) is 1. The predicted octanol–water partition coefficient (Wildman–Crippen LogP) is 0.801. The Labute approximate surface area is 102 Å². The summed E-state index contributed by atoms with van der Waals surface area (Å²) < 4.78 is 25.3. The van der Waals surface area contributed by atoms with Crippen molar-refractivity contribution in [2.45, 2.75) is 11.8 Å². The summed E-state index contributed by atoms with van der Waals surface area (Å²) in [5.41, 5.74) is -1.62. The number of nitro groups is 2. The van der Waals surface area contributed by atoms with Crippen LogP contribution in [0, 0.1) is 20.2 Å². The normalized spacial score (nSPS) is 11.2. The van der Waals surface area contributed by atoms with Crippen molar-refractivity contribution in [3.8, 4) is 0 Å². The summed E-state index contributed by atoms with van der Waals surface area (Å²) in [5.74, 6) is 0. The summed E-state index contributed by atoms with van der Waals surface area (Å²) in [6.07, 6.45) is 0. The molecule has 0 aliphatic carbocycles. The van der Waals surface area contributed by atoms with Crippen LogP contribution in [-0.4, -0.2) is 24.8 Å². The average Bonchev–Trinajstić information content (AvgIpc) is 2.27. The van der Waals surface area contributed by atoms with Crippen molar-refractivity contribution in [2.24, 2.45) is 0 Å². The van der Waals surface area contributed by atoms with Gasteiger partial charge in [-0.3, -0.25) is 20.2 Å². The van der Waals surface area contributed by atoms with E-state index in [2.05, 4.69) is 4.72 Å². The van der Waals surface area contributed by atoms with Crippen LogP contribution in [0.3, 0.4) is 0 Å². The lowest BCUT2D eigenvalue weighted by atomic mass is 10.3. The summed E-state index contributed by atoms with van der Waals surface area (Å²) in [7, 11) is -3.89. The molecule has 0 fully saturated rings.